The van der Waals surface area contributed by atoms with Gasteiger partial charge < -0.3 is 14.4 Å². The lowest BCUT2D eigenvalue weighted by Gasteiger charge is -2.50. The van der Waals surface area contributed by atoms with Crippen molar-refractivity contribution < 1.29 is 14.3 Å². The monoisotopic (exact) mass is 344 g/mol. The molecule has 5 heteroatoms. The summed E-state index contributed by atoms with van der Waals surface area (Å²) in [6, 6.07) is 3.67. The van der Waals surface area contributed by atoms with Crippen LogP contribution in [-0.2, 0) is 9.47 Å². The zero-order valence-corrected chi connectivity index (χ0v) is 14.9. The van der Waals surface area contributed by atoms with Crippen molar-refractivity contribution >= 4 is 5.91 Å². The molecule has 4 rings (SSSR count). The van der Waals surface area contributed by atoms with Crippen LogP contribution >= 0.6 is 0 Å². The Morgan fingerprint density at radius 3 is 3.04 bits per heavy atom. The molecule has 1 aliphatic carbocycles. The molecule has 136 valence electrons. The minimum Gasteiger partial charge on any atom is -0.380 e. The predicted molar refractivity (Wildman–Crippen MR) is 94.3 cm³/mol. The number of fused-ring (bicyclic) bond motifs is 1. The van der Waals surface area contributed by atoms with Gasteiger partial charge in [-0.1, -0.05) is 6.42 Å². The van der Waals surface area contributed by atoms with Crippen LogP contribution in [0.4, 0.5) is 0 Å². The molecule has 0 unspecified atom stereocenters. The molecular formula is C20H28N2O3. The summed E-state index contributed by atoms with van der Waals surface area (Å²) in [7, 11) is 0. The van der Waals surface area contributed by atoms with E-state index in [0.29, 0.717) is 12.2 Å². The molecule has 1 aromatic heterocycles. The third-order valence-corrected chi connectivity index (χ3v) is 6.15. The van der Waals surface area contributed by atoms with E-state index in [9.17, 15) is 4.79 Å². The van der Waals surface area contributed by atoms with E-state index in [1.807, 2.05) is 17.0 Å². The molecule has 0 N–H and O–H groups in total. The third-order valence-electron chi connectivity index (χ3n) is 6.15. The van der Waals surface area contributed by atoms with Gasteiger partial charge in [-0.15, -0.1) is 0 Å². The lowest BCUT2D eigenvalue weighted by Crippen LogP contribution is -2.58. The molecular weight excluding hydrogens is 316 g/mol. The van der Waals surface area contributed by atoms with Crippen LogP contribution < -0.4 is 0 Å². The van der Waals surface area contributed by atoms with Gasteiger partial charge in [0.05, 0.1) is 18.3 Å². The number of amides is 1. The van der Waals surface area contributed by atoms with E-state index in [1.54, 1.807) is 12.4 Å². The highest BCUT2D eigenvalue weighted by atomic mass is 16.5. The van der Waals surface area contributed by atoms with Crippen molar-refractivity contribution in [2.24, 2.45) is 11.3 Å². The Morgan fingerprint density at radius 1 is 1.36 bits per heavy atom. The van der Waals surface area contributed by atoms with Gasteiger partial charge in [-0.3, -0.25) is 9.78 Å². The first kappa shape index (κ1) is 17.0. The van der Waals surface area contributed by atoms with Gasteiger partial charge in [0.2, 0.25) is 0 Å². The number of pyridine rings is 1. The van der Waals surface area contributed by atoms with Crippen molar-refractivity contribution in [3.05, 3.63) is 30.1 Å². The number of aromatic nitrogens is 1. The average molecular weight is 344 g/mol. The molecule has 2 aliphatic heterocycles. The molecule has 3 fully saturated rings. The van der Waals surface area contributed by atoms with E-state index < -0.39 is 0 Å². The van der Waals surface area contributed by atoms with Crippen LogP contribution in [0.1, 0.15) is 48.9 Å². The number of nitrogens with zero attached hydrogens (tertiary/aromatic N) is 2. The number of piperidine rings is 1. The Kier molecular flexibility index (Phi) is 5.04. The Hall–Kier alpha value is -1.46. The van der Waals surface area contributed by atoms with Crippen molar-refractivity contribution in [3.8, 4) is 0 Å². The topological polar surface area (TPSA) is 51.7 Å². The SMILES string of the molecule is O=C(c1cccnc1)N1CC[C@H]2OCCC[C@]2(COCC2CCC2)C1. The zero-order chi connectivity index (χ0) is 17.1. The summed E-state index contributed by atoms with van der Waals surface area (Å²) in [6.45, 7) is 3.90. The van der Waals surface area contributed by atoms with Gasteiger partial charge >= 0.3 is 0 Å². The van der Waals surface area contributed by atoms with Crippen LogP contribution in [0.5, 0.6) is 0 Å². The standard InChI is InChI=1S/C20H28N2O3/c23-19(17-6-2-9-21-12-17)22-10-7-18-20(14-22,8-3-11-25-18)15-24-13-16-4-1-5-16/h2,6,9,12,16,18H,1,3-5,7-8,10-11,13-15H2/t18-,20-/m1/s1. The summed E-state index contributed by atoms with van der Waals surface area (Å²) in [6.07, 6.45) is 10.6. The van der Waals surface area contributed by atoms with E-state index in [2.05, 4.69) is 4.98 Å². The van der Waals surface area contributed by atoms with Crippen LogP contribution in [0, 0.1) is 11.3 Å². The molecule has 25 heavy (non-hydrogen) atoms. The first-order valence-electron chi connectivity index (χ1n) is 9.65. The Morgan fingerprint density at radius 2 is 2.28 bits per heavy atom. The summed E-state index contributed by atoms with van der Waals surface area (Å²) in [4.78, 5) is 18.9. The van der Waals surface area contributed by atoms with Crippen molar-refractivity contribution in [3.63, 3.8) is 0 Å². The maximum Gasteiger partial charge on any atom is 0.255 e. The van der Waals surface area contributed by atoms with Gasteiger partial charge in [-0.2, -0.15) is 0 Å². The van der Waals surface area contributed by atoms with Crippen LogP contribution in [0.3, 0.4) is 0 Å². The Bertz CT molecular complexity index is 590. The molecule has 1 aromatic rings. The number of hydrogen-bond acceptors (Lipinski definition) is 4. The first-order valence-corrected chi connectivity index (χ1v) is 9.65. The van der Waals surface area contributed by atoms with Gasteiger partial charge in [0.1, 0.15) is 0 Å². The highest BCUT2D eigenvalue weighted by Crippen LogP contribution is 2.41. The minimum atomic E-state index is -0.0435. The van der Waals surface area contributed by atoms with Gasteiger partial charge in [-0.05, 0) is 50.2 Å². The molecule has 0 radical (unpaired) electrons. The van der Waals surface area contributed by atoms with Crippen molar-refractivity contribution in [2.45, 2.75) is 44.6 Å². The third kappa shape index (κ3) is 3.58. The second-order valence-electron chi connectivity index (χ2n) is 7.89. The smallest absolute Gasteiger partial charge is 0.255 e. The van der Waals surface area contributed by atoms with Gasteiger partial charge in [0, 0.05) is 44.1 Å². The maximum atomic E-state index is 12.9. The molecule has 3 aliphatic rings. The number of rotatable bonds is 5. The number of ether oxygens (including phenoxy) is 2. The van der Waals surface area contributed by atoms with E-state index in [-0.39, 0.29) is 17.4 Å². The van der Waals surface area contributed by atoms with Crippen molar-refractivity contribution in [2.75, 3.05) is 32.9 Å². The fourth-order valence-electron chi connectivity index (χ4n) is 4.43. The molecule has 0 spiro atoms. The predicted octanol–water partition coefficient (Wildman–Crippen LogP) is 2.91. The van der Waals surface area contributed by atoms with Crippen LogP contribution in [0.15, 0.2) is 24.5 Å². The van der Waals surface area contributed by atoms with Crippen LogP contribution in [0.2, 0.25) is 0 Å². The van der Waals surface area contributed by atoms with E-state index in [1.165, 1.54) is 19.3 Å². The lowest BCUT2D eigenvalue weighted by atomic mass is 9.73. The lowest BCUT2D eigenvalue weighted by molar-refractivity contribution is -0.150. The van der Waals surface area contributed by atoms with E-state index in [0.717, 1.165) is 51.5 Å². The van der Waals surface area contributed by atoms with Crippen LogP contribution in [0.25, 0.3) is 0 Å². The molecule has 1 saturated carbocycles. The first-order chi connectivity index (χ1) is 12.3. The number of carbonyl (C=O) groups excluding carboxylic acids is 1. The molecule has 2 saturated heterocycles. The largest absolute Gasteiger partial charge is 0.380 e. The van der Waals surface area contributed by atoms with Gasteiger partial charge in [0.25, 0.3) is 5.91 Å². The molecule has 1 amide bonds. The average Bonchev–Trinajstić information content (AvgIpc) is 2.63. The summed E-state index contributed by atoms with van der Waals surface area (Å²) >= 11 is 0. The Labute approximate surface area is 149 Å². The molecule has 0 aromatic carbocycles. The summed E-state index contributed by atoms with van der Waals surface area (Å²) in [5.74, 6) is 0.826. The molecule has 0 bridgehead atoms. The van der Waals surface area contributed by atoms with E-state index >= 15 is 0 Å². The summed E-state index contributed by atoms with van der Waals surface area (Å²) in [5, 5.41) is 0. The number of likely N-dealkylation sites (tertiary alicyclic amines) is 1. The quantitative estimate of drug-likeness (QED) is 0.824. The second kappa shape index (κ2) is 7.42. The Balaban J connectivity index is 1.44. The fourth-order valence-corrected chi connectivity index (χ4v) is 4.43. The van der Waals surface area contributed by atoms with E-state index in [4.69, 9.17) is 9.47 Å². The highest BCUT2D eigenvalue weighted by molar-refractivity contribution is 5.94. The summed E-state index contributed by atoms with van der Waals surface area (Å²) in [5.41, 5.74) is 0.626. The highest BCUT2D eigenvalue weighted by Gasteiger charge is 2.47. The molecule has 5 nitrogen and oxygen atoms in total. The van der Waals surface area contributed by atoms with Gasteiger partial charge in [0.15, 0.2) is 0 Å². The van der Waals surface area contributed by atoms with Crippen molar-refractivity contribution in [1.29, 1.82) is 0 Å². The normalized spacial score (nSPS) is 29.8. The summed E-state index contributed by atoms with van der Waals surface area (Å²) < 4.78 is 12.2. The molecule has 3 heterocycles. The van der Waals surface area contributed by atoms with Crippen molar-refractivity contribution in [1.82, 2.24) is 9.88 Å². The number of carbonyl (C=O) groups is 1. The zero-order valence-electron chi connectivity index (χ0n) is 14.9. The maximum absolute atomic E-state index is 12.9. The van der Waals surface area contributed by atoms with Crippen LogP contribution in [-0.4, -0.2) is 54.8 Å². The second-order valence-corrected chi connectivity index (χ2v) is 7.89. The molecule has 2 atom stereocenters. The minimum absolute atomic E-state index is 0.0435. The number of hydrogen-bond donors (Lipinski definition) is 0. The fraction of sp³-hybridized carbons (Fsp3) is 0.700. The van der Waals surface area contributed by atoms with Gasteiger partial charge in [-0.25, -0.2) is 0 Å².